The molecule has 1 aromatic heterocycles. The van der Waals surface area contributed by atoms with Gasteiger partial charge in [0.25, 0.3) is 0 Å². The number of hydrogen-bond acceptors (Lipinski definition) is 3. The maximum absolute atomic E-state index is 4.57. The molecule has 1 saturated heterocycles. The highest BCUT2D eigenvalue weighted by Gasteiger charge is 2.27. The smallest absolute Gasteiger partial charge is 0.129 e. The molecule has 0 spiro atoms. The minimum atomic E-state index is 0.530. The monoisotopic (exact) mass is 261 g/mol. The van der Waals surface area contributed by atoms with E-state index in [1.807, 2.05) is 6.20 Å². The van der Waals surface area contributed by atoms with E-state index in [-0.39, 0.29) is 0 Å². The van der Waals surface area contributed by atoms with E-state index in [9.17, 15) is 0 Å². The predicted octanol–water partition coefficient (Wildman–Crippen LogP) is 3.14. The van der Waals surface area contributed by atoms with Crippen molar-refractivity contribution in [3.63, 3.8) is 0 Å². The Morgan fingerprint density at radius 3 is 3.05 bits per heavy atom. The van der Waals surface area contributed by atoms with Crippen LogP contribution in [0, 0.1) is 6.92 Å². The molecular formula is C16H27N3. The molecule has 2 unspecified atom stereocenters. The second-order valence-corrected chi connectivity index (χ2v) is 5.69. The summed E-state index contributed by atoms with van der Waals surface area (Å²) in [5, 5.41) is 3.65. The van der Waals surface area contributed by atoms with E-state index in [0.717, 1.165) is 18.9 Å². The molecule has 2 atom stereocenters. The van der Waals surface area contributed by atoms with Crippen LogP contribution in [0.2, 0.25) is 0 Å². The fraction of sp³-hybridized carbons (Fsp3) is 0.688. The number of piperidine rings is 1. The van der Waals surface area contributed by atoms with Crippen LogP contribution in [0.1, 0.15) is 45.1 Å². The van der Waals surface area contributed by atoms with E-state index >= 15 is 0 Å². The SMILES string of the molecule is CCCNC(C)C1CCCCN1c1cc(C)ccn1. The number of aromatic nitrogens is 1. The molecule has 1 aromatic rings. The molecule has 1 aliphatic heterocycles. The minimum Gasteiger partial charge on any atom is -0.352 e. The van der Waals surface area contributed by atoms with Gasteiger partial charge >= 0.3 is 0 Å². The van der Waals surface area contributed by atoms with Gasteiger partial charge in [-0.05, 0) is 63.8 Å². The van der Waals surface area contributed by atoms with E-state index in [0.29, 0.717) is 12.1 Å². The van der Waals surface area contributed by atoms with Crippen molar-refractivity contribution >= 4 is 5.82 Å². The molecule has 19 heavy (non-hydrogen) atoms. The largest absolute Gasteiger partial charge is 0.352 e. The highest BCUT2D eigenvalue weighted by atomic mass is 15.2. The number of hydrogen-bond donors (Lipinski definition) is 1. The normalized spacial score (nSPS) is 21.4. The first-order valence-corrected chi connectivity index (χ1v) is 7.65. The number of nitrogens with one attached hydrogen (secondary N) is 1. The summed E-state index contributed by atoms with van der Waals surface area (Å²) in [6.45, 7) is 8.92. The molecule has 0 radical (unpaired) electrons. The summed E-state index contributed by atoms with van der Waals surface area (Å²) in [5.41, 5.74) is 1.29. The minimum absolute atomic E-state index is 0.530. The van der Waals surface area contributed by atoms with Gasteiger partial charge in [-0.1, -0.05) is 6.92 Å². The van der Waals surface area contributed by atoms with Crippen LogP contribution in [0.4, 0.5) is 5.82 Å². The first kappa shape index (κ1) is 14.3. The summed E-state index contributed by atoms with van der Waals surface area (Å²) < 4.78 is 0. The highest BCUT2D eigenvalue weighted by Crippen LogP contribution is 2.25. The molecule has 0 amide bonds. The van der Waals surface area contributed by atoms with Crippen molar-refractivity contribution < 1.29 is 0 Å². The molecule has 1 aliphatic rings. The van der Waals surface area contributed by atoms with Crippen LogP contribution in [0.15, 0.2) is 18.3 Å². The highest BCUT2D eigenvalue weighted by molar-refractivity contribution is 5.42. The fourth-order valence-corrected chi connectivity index (χ4v) is 2.95. The summed E-state index contributed by atoms with van der Waals surface area (Å²) >= 11 is 0. The van der Waals surface area contributed by atoms with Gasteiger partial charge in [-0.2, -0.15) is 0 Å². The Morgan fingerprint density at radius 2 is 2.32 bits per heavy atom. The molecule has 0 saturated carbocycles. The first-order valence-electron chi connectivity index (χ1n) is 7.65. The number of nitrogens with zero attached hydrogens (tertiary/aromatic N) is 2. The fourth-order valence-electron chi connectivity index (χ4n) is 2.95. The summed E-state index contributed by atoms with van der Waals surface area (Å²) in [6, 6.07) is 5.39. The Balaban J connectivity index is 2.11. The Labute approximate surface area is 117 Å². The van der Waals surface area contributed by atoms with Crippen molar-refractivity contribution in [2.75, 3.05) is 18.0 Å². The molecule has 1 fully saturated rings. The van der Waals surface area contributed by atoms with Gasteiger partial charge in [-0.3, -0.25) is 0 Å². The van der Waals surface area contributed by atoms with Gasteiger partial charge < -0.3 is 10.2 Å². The molecule has 2 rings (SSSR count). The maximum atomic E-state index is 4.57. The summed E-state index contributed by atoms with van der Waals surface area (Å²) in [4.78, 5) is 7.08. The summed E-state index contributed by atoms with van der Waals surface area (Å²) in [5.74, 6) is 1.15. The molecule has 2 heterocycles. The van der Waals surface area contributed by atoms with Gasteiger partial charge in [0.05, 0.1) is 0 Å². The molecule has 106 valence electrons. The van der Waals surface area contributed by atoms with Crippen molar-refractivity contribution in [3.05, 3.63) is 23.9 Å². The van der Waals surface area contributed by atoms with Crippen molar-refractivity contribution in [1.29, 1.82) is 0 Å². The number of aryl methyl sites for hydroxylation is 1. The molecule has 0 bridgehead atoms. The van der Waals surface area contributed by atoms with Gasteiger partial charge in [0, 0.05) is 24.8 Å². The van der Waals surface area contributed by atoms with E-state index in [1.54, 1.807) is 0 Å². The number of pyridine rings is 1. The Kier molecular flexibility index (Phi) is 5.20. The van der Waals surface area contributed by atoms with E-state index in [1.165, 1.54) is 31.2 Å². The van der Waals surface area contributed by atoms with Crippen molar-refractivity contribution in [2.24, 2.45) is 0 Å². The molecule has 0 aromatic carbocycles. The topological polar surface area (TPSA) is 28.2 Å². The molecule has 3 heteroatoms. The van der Waals surface area contributed by atoms with Crippen LogP contribution in [0.3, 0.4) is 0 Å². The van der Waals surface area contributed by atoms with Crippen molar-refractivity contribution in [1.82, 2.24) is 10.3 Å². The summed E-state index contributed by atoms with van der Waals surface area (Å²) in [6.07, 6.45) is 7.02. The second-order valence-electron chi connectivity index (χ2n) is 5.69. The van der Waals surface area contributed by atoms with E-state index in [4.69, 9.17) is 0 Å². The standard InChI is InChI=1S/C16H27N3/c1-4-9-17-14(3)15-7-5-6-11-19(15)16-12-13(2)8-10-18-16/h8,10,12,14-15,17H,4-7,9,11H2,1-3H3. The third-order valence-corrected chi connectivity index (χ3v) is 4.04. The molecule has 3 nitrogen and oxygen atoms in total. The number of anilines is 1. The van der Waals surface area contributed by atoms with E-state index in [2.05, 4.69) is 48.1 Å². The van der Waals surface area contributed by atoms with Gasteiger partial charge in [0.2, 0.25) is 0 Å². The number of rotatable bonds is 5. The lowest BCUT2D eigenvalue weighted by Crippen LogP contribution is -2.51. The van der Waals surface area contributed by atoms with Crippen molar-refractivity contribution in [3.8, 4) is 0 Å². The summed E-state index contributed by atoms with van der Waals surface area (Å²) in [7, 11) is 0. The van der Waals surface area contributed by atoms with Gasteiger partial charge in [0.15, 0.2) is 0 Å². The Hall–Kier alpha value is -1.09. The van der Waals surface area contributed by atoms with Crippen LogP contribution in [0.25, 0.3) is 0 Å². The molecule has 0 aliphatic carbocycles. The van der Waals surface area contributed by atoms with E-state index < -0.39 is 0 Å². The van der Waals surface area contributed by atoms with Gasteiger partial charge in [-0.25, -0.2) is 4.98 Å². The van der Waals surface area contributed by atoms with Crippen LogP contribution in [-0.4, -0.2) is 30.2 Å². The lowest BCUT2D eigenvalue weighted by molar-refractivity contribution is 0.366. The van der Waals surface area contributed by atoms with Crippen LogP contribution in [-0.2, 0) is 0 Å². The average molecular weight is 261 g/mol. The van der Waals surface area contributed by atoms with Gasteiger partial charge in [-0.15, -0.1) is 0 Å². The predicted molar refractivity (Wildman–Crippen MR) is 81.7 cm³/mol. The molecular weight excluding hydrogens is 234 g/mol. The van der Waals surface area contributed by atoms with Gasteiger partial charge in [0.1, 0.15) is 5.82 Å². The first-order chi connectivity index (χ1) is 9.22. The lowest BCUT2D eigenvalue weighted by Gasteiger charge is -2.40. The van der Waals surface area contributed by atoms with Crippen LogP contribution >= 0.6 is 0 Å². The quantitative estimate of drug-likeness (QED) is 0.882. The van der Waals surface area contributed by atoms with Crippen LogP contribution < -0.4 is 10.2 Å². The Bertz CT molecular complexity index is 391. The zero-order valence-electron chi connectivity index (χ0n) is 12.5. The second kappa shape index (κ2) is 6.90. The third-order valence-electron chi connectivity index (χ3n) is 4.04. The maximum Gasteiger partial charge on any atom is 0.129 e. The third kappa shape index (κ3) is 3.69. The van der Waals surface area contributed by atoms with Crippen molar-refractivity contribution in [2.45, 2.75) is 58.5 Å². The lowest BCUT2D eigenvalue weighted by atomic mass is 9.96. The zero-order valence-corrected chi connectivity index (χ0v) is 12.5. The molecule has 1 N–H and O–H groups in total. The Morgan fingerprint density at radius 1 is 1.47 bits per heavy atom. The zero-order chi connectivity index (χ0) is 13.7. The van der Waals surface area contributed by atoms with Crippen LogP contribution in [0.5, 0.6) is 0 Å². The average Bonchev–Trinajstić information content (AvgIpc) is 2.45.